The second kappa shape index (κ2) is 6.53. The summed E-state index contributed by atoms with van der Waals surface area (Å²) in [7, 11) is 0. The summed E-state index contributed by atoms with van der Waals surface area (Å²) < 4.78 is 14.1. The van der Waals surface area contributed by atoms with Crippen LogP contribution < -0.4 is 10.6 Å². The van der Waals surface area contributed by atoms with Crippen LogP contribution in [0.25, 0.3) is 0 Å². The molecule has 0 bridgehead atoms. The number of nitrogens with two attached hydrogens (primary N) is 1. The Bertz CT molecular complexity index is 463. The molecule has 0 amide bonds. The van der Waals surface area contributed by atoms with Gasteiger partial charge in [0.1, 0.15) is 5.82 Å². The lowest BCUT2D eigenvalue weighted by atomic mass is 9.92. The second-order valence-corrected chi connectivity index (χ2v) is 5.57. The third kappa shape index (κ3) is 4.22. The van der Waals surface area contributed by atoms with E-state index in [4.69, 9.17) is 11.0 Å². The number of rotatable bonds is 6. The van der Waals surface area contributed by atoms with Gasteiger partial charge in [-0.3, -0.25) is 0 Å². The highest BCUT2D eigenvalue weighted by atomic mass is 19.1. The first-order chi connectivity index (χ1) is 8.93. The molecule has 0 aliphatic heterocycles. The average molecular weight is 263 g/mol. The van der Waals surface area contributed by atoms with E-state index >= 15 is 0 Å². The van der Waals surface area contributed by atoms with Gasteiger partial charge in [0.05, 0.1) is 17.3 Å². The van der Waals surface area contributed by atoms with Crippen LogP contribution in [-0.2, 0) is 0 Å². The van der Waals surface area contributed by atoms with Gasteiger partial charge in [-0.1, -0.05) is 20.8 Å². The fraction of sp³-hybridized carbons (Fsp3) is 0.533. The van der Waals surface area contributed by atoms with Crippen molar-refractivity contribution in [3.63, 3.8) is 0 Å². The first kappa shape index (κ1) is 15.5. The van der Waals surface area contributed by atoms with Crippen LogP contribution in [0.5, 0.6) is 0 Å². The standard InChI is InChI=1S/C15H22FN3/c1-4-7-19(11-15(2,3)10-18)14-6-5-12(9-17)8-13(14)16/h5-6,8H,4,7,10-11,18H2,1-3H3. The summed E-state index contributed by atoms with van der Waals surface area (Å²) in [5, 5.41) is 8.77. The number of benzene rings is 1. The van der Waals surface area contributed by atoms with Crippen LogP contribution in [0.3, 0.4) is 0 Å². The van der Waals surface area contributed by atoms with Crippen molar-refractivity contribution in [2.24, 2.45) is 11.1 Å². The maximum Gasteiger partial charge on any atom is 0.147 e. The summed E-state index contributed by atoms with van der Waals surface area (Å²) in [6.45, 7) is 8.20. The molecule has 0 saturated heterocycles. The van der Waals surface area contributed by atoms with E-state index in [1.54, 1.807) is 12.1 Å². The number of hydrogen-bond acceptors (Lipinski definition) is 3. The molecule has 0 fully saturated rings. The zero-order valence-corrected chi connectivity index (χ0v) is 11.9. The molecule has 1 aromatic rings. The molecule has 4 heteroatoms. The molecular weight excluding hydrogens is 241 g/mol. The van der Waals surface area contributed by atoms with E-state index in [1.165, 1.54) is 6.07 Å². The average Bonchev–Trinajstić information content (AvgIpc) is 2.38. The minimum Gasteiger partial charge on any atom is -0.369 e. The van der Waals surface area contributed by atoms with Crippen molar-refractivity contribution in [3.8, 4) is 6.07 Å². The molecule has 1 aromatic carbocycles. The van der Waals surface area contributed by atoms with Crippen molar-refractivity contribution >= 4 is 5.69 Å². The zero-order valence-electron chi connectivity index (χ0n) is 11.9. The van der Waals surface area contributed by atoms with Crippen LogP contribution in [0.2, 0.25) is 0 Å². The van der Waals surface area contributed by atoms with Gasteiger partial charge in [0.15, 0.2) is 0 Å². The Hall–Kier alpha value is -1.60. The molecule has 0 unspecified atom stereocenters. The Balaban J connectivity index is 3.03. The van der Waals surface area contributed by atoms with Crippen molar-refractivity contribution < 1.29 is 4.39 Å². The van der Waals surface area contributed by atoms with Gasteiger partial charge in [-0.25, -0.2) is 4.39 Å². The Kier molecular flexibility index (Phi) is 5.31. The summed E-state index contributed by atoms with van der Waals surface area (Å²) >= 11 is 0. The molecule has 3 nitrogen and oxygen atoms in total. The van der Waals surface area contributed by atoms with E-state index in [1.807, 2.05) is 11.0 Å². The maximum atomic E-state index is 14.1. The Morgan fingerprint density at radius 3 is 2.58 bits per heavy atom. The van der Waals surface area contributed by atoms with Crippen molar-refractivity contribution in [2.45, 2.75) is 27.2 Å². The zero-order chi connectivity index (χ0) is 14.5. The molecule has 1 rings (SSSR count). The summed E-state index contributed by atoms with van der Waals surface area (Å²) in [4.78, 5) is 2.00. The highest BCUT2D eigenvalue weighted by Gasteiger charge is 2.22. The topological polar surface area (TPSA) is 53.0 Å². The second-order valence-electron chi connectivity index (χ2n) is 5.57. The molecule has 0 heterocycles. The molecule has 0 saturated carbocycles. The molecule has 0 aromatic heterocycles. The van der Waals surface area contributed by atoms with Crippen LogP contribution in [-0.4, -0.2) is 19.6 Å². The predicted molar refractivity (Wildman–Crippen MR) is 76.5 cm³/mol. The number of hydrogen-bond donors (Lipinski definition) is 1. The van der Waals surface area contributed by atoms with Gasteiger partial charge in [-0.2, -0.15) is 5.26 Å². The molecule has 0 aliphatic rings. The van der Waals surface area contributed by atoms with Crippen molar-refractivity contribution in [2.75, 3.05) is 24.5 Å². The highest BCUT2D eigenvalue weighted by molar-refractivity contribution is 5.51. The van der Waals surface area contributed by atoms with E-state index in [9.17, 15) is 4.39 Å². The van der Waals surface area contributed by atoms with Gasteiger partial charge in [-0.15, -0.1) is 0 Å². The molecule has 0 radical (unpaired) electrons. The lowest BCUT2D eigenvalue weighted by Gasteiger charge is -2.33. The third-order valence-corrected chi connectivity index (χ3v) is 3.08. The maximum absolute atomic E-state index is 14.1. The van der Waals surface area contributed by atoms with E-state index in [-0.39, 0.29) is 11.2 Å². The molecule has 0 spiro atoms. The summed E-state index contributed by atoms with van der Waals surface area (Å²) in [5.41, 5.74) is 6.56. The Morgan fingerprint density at radius 2 is 2.11 bits per heavy atom. The van der Waals surface area contributed by atoms with Gasteiger partial charge in [-0.05, 0) is 36.6 Å². The smallest absolute Gasteiger partial charge is 0.147 e. The minimum atomic E-state index is -0.347. The highest BCUT2D eigenvalue weighted by Crippen LogP contribution is 2.25. The molecule has 19 heavy (non-hydrogen) atoms. The van der Waals surface area contributed by atoms with Crippen molar-refractivity contribution in [1.82, 2.24) is 0 Å². The van der Waals surface area contributed by atoms with E-state index < -0.39 is 0 Å². The normalized spacial score (nSPS) is 11.2. The monoisotopic (exact) mass is 263 g/mol. The summed E-state index contributed by atoms with van der Waals surface area (Å²) in [5.74, 6) is -0.347. The van der Waals surface area contributed by atoms with Crippen LogP contribution in [0.15, 0.2) is 18.2 Å². The number of anilines is 1. The first-order valence-electron chi connectivity index (χ1n) is 6.58. The number of halogens is 1. The van der Waals surface area contributed by atoms with E-state index in [2.05, 4.69) is 20.8 Å². The van der Waals surface area contributed by atoms with Crippen molar-refractivity contribution in [1.29, 1.82) is 5.26 Å². The third-order valence-electron chi connectivity index (χ3n) is 3.08. The quantitative estimate of drug-likeness (QED) is 0.858. The van der Waals surface area contributed by atoms with Gasteiger partial charge >= 0.3 is 0 Å². The van der Waals surface area contributed by atoms with Gasteiger partial charge in [0, 0.05) is 13.1 Å². The van der Waals surface area contributed by atoms with Gasteiger partial charge < -0.3 is 10.6 Å². The lowest BCUT2D eigenvalue weighted by Crippen LogP contribution is -2.39. The van der Waals surface area contributed by atoms with Crippen LogP contribution >= 0.6 is 0 Å². The van der Waals surface area contributed by atoms with Crippen LogP contribution in [0, 0.1) is 22.6 Å². The van der Waals surface area contributed by atoms with Crippen LogP contribution in [0.1, 0.15) is 32.8 Å². The van der Waals surface area contributed by atoms with Gasteiger partial charge in [0.25, 0.3) is 0 Å². The van der Waals surface area contributed by atoms with Crippen molar-refractivity contribution in [3.05, 3.63) is 29.6 Å². The summed E-state index contributed by atoms with van der Waals surface area (Å²) in [6, 6.07) is 6.56. The molecule has 0 aliphatic carbocycles. The molecule has 2 N–H and O–H groups in total. The Morgan fingerprint density at radius 1 is 1.42 bits per heavy atom. The largest absolute Gasteiger partial charge is 0.369 e. The predicted octanol–water partition coefficient (Wildman–Crippen LogP) is 2.90. The molecular formula is C15H22FN3. The first-order valence-corrected chi connectivity index (χ1v) is 6.58. The fourth-order valence-corrected chi connectivity index (χ4v) is 1.97. The molecule has 104 valence electrons. The molecule has 0 atom stereocenters. The lowest BCUT2D eigenvalue weighted by molar-refractivity contribution is 0.376. The van der Waals surface area contributed by atoms with Gasteiger partial charge in [0.2, 0.25) is 0 Å². The minimum absolute atomic E-state index is 0.0739. The van der Waals surface area contributed by atoms with E-state index in [0.717, 1.165) is 13.0 Å². The van der Waals surface area contributed by atoms with Crippen LogP contribution in [0.4, 0.5) is 10.1 Å². The SMILES string of the molecule is CCCN(CC(C)(C)CN)c1ccc(C#N)cc1F. The number of nitrogens with zero attached hydrogens (tertiary/aromatic N) is 2. The summed E-state index contributed by atoms with van der Waals surface area (Å²) in [6.07, 6.45) is 0.931. The van der Waals surface area contributed by atoms with E-state index in [0.29, 0.717) is 24.3 Å². The fourth-order valence-electron chi connectivity index (χ4n) is 1.97. The number of nitriles is 1. The Labute approximate surface area is 114 Å².